The van der Waals surface area contributed by atoms with Gasteiger partial charge in [0.1, 0.15) is 0 Å². The van der Waals surface area contributed by atoms with Crippen molar-refractivity contribution in [1.82, 2.24) is 0 Å². The summed E-state index contributed by atoms with van der Waals surface area (Å²) in [5.74, 6) is -3.03. The Kier molecular flexibility index (Phi) is 24.8. The number of esters is 2. The van der Waals surface area contributed by atoms with Gasteiger partial charge < -0.3 is 14.6 Å². The van der Waals surface area contributed by atoms with Crippen molar-refractivity contribution < 1.29 is 46.7 Å². The summed E-state index contributed by atoms with van der Waals surface area (Å²) in [6.07, 6.45) is 6.57. The first-order valence-corrected chi connectivity index (χ1v) is 12.9. The Morgan fingerprint density at radius 3 is 1.62 bits per heavy atom. The van der Waals surface area contributed by atoms with Crippen LogP contribution in [0.3, 0.4) is 0 Å². The first kappa shape index (κ1) is 37.5. The molecule has 34 heavy (non-hydrogen) atoms. The number of aliphatic carboxylic acids is 1. The van der Waals surface area contributed by atoms with Crippen molar-refractivity contribution in [2.45, 2.75) is 90.7 Å². The molecule has 0 aromatic heterocycles. The minimum absolute atomic E-state index is 0. The molecule has 0 aromatic carbocycles. The van der Waals surface area contributed by atoms with Gasteiger partial charge in [-0.1, -0.05) is 66.2 Å². The zero-order valence-corrected chi connectivity index (χ0v) is 21.0. The Bertz CT molecular complexity index is 681. The number of carboxylic acid groups (broad SMARTS) is 1. The van der Waals surface area contributed by atoms with E-state index < -0.39 is 39.7 Å². The van der Waals surface area contributed by atoms with Gasteiger partial charge in [-0.15, -0.1) is 0 Å². The molecule has 0 aliphatic heterocycles. The number of ether oxygens (including phenoxy) is 2. The Morgan fingerprint density at radius 1 is 0.882 bits per heavy atom. The molecule has 0 rings (SSSR count). The number of carboxylic acids is 1. The summed E-state index contributed by atoms with van der Waals surface area (Å²) >= 11 is 0. The van der Waals surface area contributed by atoms with Crippen molar-refractivity contribution in [3.63, 3.8) is 0 Å². The van der Waals surface area contributed by atoms with Gasteiger partial charge in [-0.05, 0) is 24.7 Å². The SMILES string of the molecule is CCCCC(CC)COC(=O)CC(C(=O)OCC(CC)CCCC)S(=O)(=O)O.O=CC(=O)O.[NaH]. The van der Waals surface area contributed by atoms with E-state index in [2.05, 4.69) is 13.8 Å². The standard InChI is InChI=1S/C20H38O7S.C2H2O3.Na.H/c1-5-9-11-16(7-3)14-26-19(21)13-18(28(23,24)25)20(22)27-15-17(8-4)12-10-6-2;3-1-2(4)5;;/h16-18H,5-15H2,1-4H3,(H,23,24,25);1H,(H,4,5);;. The first-order chi connectivity index (χ1) is 15.5. The fourth-order valence-corrected chi connectivity index (χ4v) is 3.48. The Morgan fingerprint density at radius 2 is 1.29 bits per heavy atom. The molecular formula is C22H41NaO10S. The monoisotopic (exact) mass is 520 g/mol. The molecule has 3 atom stereocenters. The molecule has 10 nitrogen and oxygen atoms in total. The molecule has 0 bridgehead atoms. The summed E-state index contributed by atoms with van der Waals surface area (Å²) in [5, 5.41) is 5.41. The number of unbranched alkanes of at least 4 members (excludes halogenated alkanes) is 2. The Balaban J connectivity index is -0.00000144. The second kappa shape index (κ2) is 22.5. The molecule has 2 N–H and O–H groups in total. The summed E-state index contributed by atoms with van der Waals surface area (Å²) in [7, 11) is -4.76. The van der Waals surface area contributed by atoms with Crippen LogP contribution in [-0.2, 0) is 38.8 Å². The van der Waals surface area contributed by atoms with E-state index >= 15 is 0 Å². The van der Waals surface area contributed by atoms with E-state index in [-0.39, 0.29) is 60.9 Å². The summed E-state index contributed by atoms with van der Waals surface area (Å²) in [6, 6.07) is 0. The average molecular weight is 521 g/mol. The van der Waals surface area contributed by atoms with Crippen LogP contribution in [0.5, 0.6) is 0 Å². The fourth-order valence-electron chi connectivity index (χ4n) is 2.82. The molecule has 12 heteroatoms. The van der Waals surface area contributed by atoms with Gasteiger partial charge in [-0.2, -0.15) is 8.42 Å². The molecule has 196 valence electrons. The van der Waals surface area contributed by atoms with Crippen LogP contribution in [0.4, 0.5) is 0 Å². The second-order valence-electron chi connectivity index (χ2n) is 7.81. The number of carbonyl (C=O) groups excluding carboxylic acids is 3. The first-order valence-electron chi connectivity index (χ1n) is 11.4. The third-order valence-corrected chi connectivity index (χ3v) is 6.18. The number of hydrogen-bond acceptors (Lipinski definition) is 8. The Labute approximate surface area is 225 Å². The number of aldehydes is 1. The molecule has 0 aliphatic carbocycles. The van der Waals surface area contributed by atoms with Gasteiger partial charge in [0, 0.05) is 0 Å². The van der Waals surface area contributed by atoms with Crippen molar-refractivity contribution in [1.29, 1.82) is 0 Å². The van der Waals surface area contributed by atoms with E-state index in [1.165, 1.54) is 0 Å². The van der Waals surface area contributed by atoms with Crippen molar-refractivity contribution in [3.8, 4) is 0 Å². The molecule has 0 fully saturated rings. The zero-order chi connectivity index (χ0) is 25.9. The molecular weight excluding hydrogens is 479 g/mol. The van der Waals surface area contributed by atoms with Gasteiger partial charge in [0.2, 0.25) is 6.29 Å². The molecule has 0 saturated heterocycles. The van der Waals surface area contributed by atoms with Crippen molar-refractivity contribution in [2.24, 2.45) is 11.8 Å². The molecule has 0 heterocycles. The van der Waals surface area contributed by atoms with E-state index in [9.17, 15) is 22.6 Å². The van der Waals surface area contributed by atoms with Gasteiger partial charge in [-0.3, -0.25) is 18.9 Å². The van der Waals surface area contributed by atoms with E-state index in [1.807, 2.05) is 13.8 Å². The van der Waals surface area contributed by atoms with Crippen LogP contribution in [0.2, 0.25) is 0 Å². The zero-order valence-electron chi connectivity index (χ0n) is 20.2. The minimum atomic E-state index is -4.76. The Hall–Kier alpha value is -1.01. The second-order valence-corrected chi connectivity index (χ2v) is 9.41. The van der Waals surface area contributed by atoms with Crippen molar-refractivity contribution in [3.05, 3.63) is 0 Å². The number of rotatable bonds is 17. The molecule has 0 saturated carbocycles. The van der Waals surface area contributed by atoms with Gasteiger partial charge in [-0.25, -0.2) is 4.79 Å². The van der Waals surface area contributed by atoms with E-state index in [0.717, 1.165) is 51.4 Å². The van der Waals surface area contributed by atoms with Crippen LogP contribution in [0.25, 0.3) is 0 Å². The van der Waals surface area contributed by atoms with Gasteiger partial charge in [0.05, 0.1) is 19.6 Å². The predicted octanol–water partition coefficient (Wildman–Crippen LogP) is 2.77. The van der Waals surface area contributed by atoms with Crippen LogP contribution in [-0.4, -0.2) is 90.3 Å². The van der Waals surface area contributed by atoms with Gasteiger partial charge >= 0.3 is 47.5 Å². The normalized spacial score (nSPS) is 13.2. The van der Waals surface area contributed by atoms with Gasteiger partial charge in [0.15, 0.2) is 5.25 Å². The average Bonchev–Trinajstić information content (AvgIpc) is 2.77. The number of hydrogen-bond donors (Lipinski definition) is 2. The summed E-state index contributed by atoms with van der Waals surface area (Å²) in [6.45, 7) is 8.35. The van der Waals surface area contributed by atoms with Crippen molar-refractivity contribution >= 4 is 63.9 Å². The van der Waals surface area contributed by atoms with Crippen molar-refractivity contribution in [2.75, 3.05) is 13.2 Å². The van der Waals surface area contributed by atoms with E-state index in [0.29, 0.717) is 0 Å². The third-order valence-electron chi connectivity index (χ3n) is 5.10. The van der Waals surface area contributed by atoms with Crippen LogP contribution in [0.15, 0.2) is 0 Å². The predicted molar refractivity (Wildman–Crippen MR) is 129 cm³/mol. The van der Waals surface area contributed by atoms with E-state index in [1.54, 1.807) is 0 Å². The number of carbonyl (C=O) groups is 4. The van der Waals surface area contributed by atoms with Crippen LogP contribution >= 0.6 is 0 Å². The molecule has 0 aromatic rings. The summed E-state index contributed by atoms with van der Waals surface area (Å²) in [4.78, 5) is 42.1. The van der Waals surface area contributed by atoms with Gasteiger partial charge in [0.25, 0.3) is 10.1 Å². The molecule has 0 spiro atoms. The third kappa shape index (κ3) is 20.4. The molecule has 0 aliphatic rings. The molecule has 3 unspecified atom stereocenters. The maximum atomic E-state index is 12.2. The summed E-state index contributed by atoms with van der Waals surface area (Å²) < 4.78 is 42.8. The quantitative estimate of drug-likeness (QED) is 0.0959. The van der Waals surface area contributed by atoms with Crippen LogP contribution < -0.4 is 0 Å². The summed E-state index contributed by atoms with van der Waals surface area (Å²) in [5.41, 5.74) is 0. The van der Waals surface area contributed by atoms with Crippen LogP contribution in [0, 0.1) is 11.8 Å². The van der Waals surface area contributed by atoms with Crippen LogP contribution in [0.1, 0.15) is 85.5 Å². The van der Waals surface area contributed by atoms with E-state index in [4.69, 9.17) is 24.2 Å². The fraction of sp³-hybridized carbons (Fsp3) is 0.818. The molecule has 0 amide bonds. The molecule has 0 radical (unpaired) electrons. The maximum absolute atomic E-state index is 12.2. The topological polar surface area (TPSA) is 161 Å².